The third-order valence-electron chi connectivity index (χ3n) is 3.98. The number of benzene rings is 2. The van der Waals surface area contributed by atoms with Crippen molar-refractivity contribution >= 4 is 29.3 Å². The fourth-order valence-electron chi connectivity index (χ4n) is 2.61. The van der Waals surface area contributed by atoms with Gasteiger partial charge in [0.1, 0.15) is 0 Å². The summed E-state index contributed by atoms with van der Waals surface area (Å²) in [6.45, 7) is 2.50. The number of nitrogens with zero attached hydrogens (tertiary/aromatic N) is 2. The summed E-state index contributed by atoms with van der Waals surface area (Å²) in [4.78, 5) is 17.8. The number of halogens is 1. The summed E-state index contributed by atoms with van der Waals surface area (Å²) in [5, 5.41) is 3.62. The number of carbonyl (C=O) groups excluding carboxylic acids is 1. The van der Waals surface area contributed by atoms with Gasteiger partial charge < -0.3 is 9.88 Å². The minimum absolute atomic E-state index is 0.0351. The van der Waals surface area contributed by atoms with E-state index in [0.717, 1.165) is 22.6 Å². The molecule has 3 rings (SSSR count). The number of nitrogens with one attached hydrogen (secondary N) is 1. The predicted octanol–water partition coefficient (Wildman–Crippen LogP) is 4.71. The number of hydrogen-bond acceptors (Lipinski definition) is 3. The van der Waals surface area contributed by atoms with E-state index in [2.05, 4.69) is 10.3 Å². The molecule has 0 unspecified atom stereocenters. The maximum absolute atomic E-state index is 12.6. The van der Waals surface area contributed by atoms with Gasteiger partial charge in [-0.15, -0.1) is 11.8 Å². The van der Waals surface area contributed by atoms with Gasteiger partial charge in [-0.3, -0.25) is 4.79 Å². The van der Waals surface area contributed by atoms with E-state index >= 15 is 0 Å². The van der Waals surface area contributed by atoms with Crippen molar-refractivity contribution < 1.29 is 4.79 Å². The van der Waals surface area contributed by atoms with Crippen LogP contribution in [0, 0.1) is 0 Å². The number of amides is 1. The molecule has 3 aromatic rings. The standard InChI is InChI=1S/C20H20ClN3OS/c1-2-19(26-17-9-7-16(21)8-10-17)20(25)23-13-15-5-3-4-6-18(15)24-12-11-22-14-24/h3-12,14,19H,2,13H2,1H3,(H,23,25)/t19-/m0/s1. The summed E-state index contributed by atoms with van der Waals surface area (Å²) in [6, 6.07) is 15.6. The van der Waals surface area contributed by atoms with Gasteiger partial charge in [-0.2, -0.15) is 0 Å². The number of carbonyl (C=O) groups is 1. The van der Waals surface area contributed by atoms with Crippen molar-refractivity contribution in [3.63, 3.8) is 0 Å². The van der Waals surface area contributed by atoms with Crippen LogP contribution in [-0.4, -0.2) is 20.7 Å². The van der Waals surface area contributed by atoms with E-state index in [1.165, 1.54) is 0 Å². The second kappa shape index (κ2) is 8.92. The largest absolute Gasteiger partial charge is 0.351 e. The Morgan fingerprint density at radius 2 is 2.00 bits per heavy atom. The first kappa shape index (κ1) is 18.5. The first-order valence-electron chi connectivity index (χ1n) is 8.43. The van der Waals surface area contributed by atoms with E-state index in [1.54, 1.807) is 24.3 Å². The number of rotatable bonds is 7. The molecule has 1 N–H and O–H groups in total. The molecule has 0 bridgehead atoms. The summed E-state index contributed by atoms with van der Waals surface area (Å²) in [6.07, 6.45) is 6.14. The number of hydrogen-bond donors (Lipinski definition) is 1. The Hall–Kier alpha value is -2.24. The van der Waals surface area contributed by atoms with Gasteiger partial charge in [0.2, 0.25) is 5.91 Å². The zero-order valence-corrected chi connectivity index (χ0v) is 16.0. The number of aromatic nitrogens is 2. The number of imidazole rings is 1. The third-order valence-corrected chi connectivity index (χ3v) is 5.61. The Labute approximate surface area is 162 Å². The van der Waals surface area contributed by atoms with E-state index in [4.69, 9.17) is 11.6 Å². The molecule has 26 heavy (non-hydrogen) atoms. The first-order valence-corrected chi connectivity index (χ1v) is 9.69. The minimum Gasteiger partial charge on any atom is -0.351 e. The normalized spacial score (nSPS) is 11.9. The summed E-state index contributed by atoms with van der Waals surface area (Å²) >= 11 is 7.48. The van der Waals surface area contributed by atoms with Gasteiger partial charge in [0.15, 0.2) is 0 Å². The fraction of sp³-hybridized carbons (Fsp3) is 0.200. The van der Waals surface area contributed by atoms with Crippen LogP contribution in [-0.2, 0) is 11.3 Å². The van der Waals surface area contributed by atoms with Gasteiger partial charge in [0, 0.05) is 28.9 Å². The molecule has 0 aliphatic rings. The maximum Gasteiger partial charge on any atom is 0.233 e. The van der Waals surface area contributed by atoms with Crippen molar-refractivity contribution in [2.75, 3.05) is 0 Å². The Morgan fingerprint density at radius 1 is 1.23 bits per heavy atom. The molecule has 0 fully saturated rings. The second-order valence-corrected chi connectivity index (χ2v) is 7.50. The minimum atomic E-state index is -0.142. The molecular formula is C20H20ClN3OS. The highest BCUT2D eigenvalue weighted by Crippen LogP contribution is 2.27. The topological polar surface area (TPSA) is 46.9 Å². The summed E-state index contributed by atoms with van der Waals surface area (Å²) < 4.78 is 1.95. The van der Waals surface area contributed by atoms with Crippen LogP contribution in [0.2, 0.25) is 5.02 Å². The third kappa shape index (κ3) is 4.68. The Kier molecular flexibility index (Phi) is 6.36. The zero-order valence-electron chi connectivity index (χ0n) is 14.4. The molecular weight excluding hydrogens is 366 g/mol. The molecule has 1 atom stereocenters. The van der Waals surface area contributed by atoms with Crippen molar-refractivity contribution in [1.29, 1.82) is 0 Å². The van der Waals surface area contributed by atoms with Crippen LogP contribution >= 0.6 is 23.4 Å². The van der Waals surface area contributed by atoms with Crippen molar-refractivity contribution in [2.45, 2.75) is 30.0 Å². The number of para-hydroxylation sites is 1. The van der Waals surface area contributed by atoms with Crippen LogP contribution in [0.1, 0.15) is 18.9 Å². The predicted molar refractivity (Wildman–Crippen MR) is 107 cm³/mol. The van der Waals surface area contributed by atoms with Gasteiger partial charge in [0.25, 0.3) is 0 Å². The molecule has 1 heterocycles. The highest BCUT2D eigenvalue weighted by molar-refractivity contribution is 8.00. The molecule has 0 aliphatic carbocycles. The summed E-state index contributed by atoms with van der Waals surface area (Å²) in [5.41, 5.74) is 2.06. The SMILES string of the molecule is CC[C@H](Sc1ccc(Cl)cc1)C(=O)NCc1ccccc1-n1ccnc1. The second-order valence-electron chi connectivity index (χ2n) is 5.79. The van der Waals surface area contributed by atoms with Crippen LogP contribution in [0.25, 0.3) is 5.69 Å². The average molecular weight is 386 g/mol. The van der Waals surface area contributed by atoms with Gasteiger partial charge in [0.05, 0.1) is 17.3 Å². The molecule has 1 aromatic heterocycles. The van der Waals surface area contributed by atoms with Crippen molar-refractivity contribution in [1.82, 2.24) is 14.9 Å². The van der Waals surface area contributed by atoms with Gasteiger partial charge in [-0.25, -0.2) is 4.98 Å². The lowest BCUT2D eigenvalue weighted by atomic mass is 10.1. The Balaban J connectivity index is 1.65. The van der Waals surface area contributed by atoms with Gasteiger partial charge in [-0.05, 0) is 42.3 Å². The molecule has 4 nitrogen and oxygen atoms in total. The monoisotopic (exact) mass is 385 g/mol. The van der Waals surface area contributed by atoms with Crippen molar-refractivity contribution in [3.8, 4) is 5.69 Å². The van der Waals surface area contributed by atoms with Crippen molar-refractivity contribution in [2.24, 2.45) is 0 Å². The molecule has 6 heteroatoms. The summed E-state index contributed by atoms with van der Waals surface area (Å²) in [7, 11) is 0. The lowest BCUT2D eigenvalue weighted by molar-refractivity contribution is -0.120. The van der Waals surface area contributed by atoms with Crippen LogP contribution in [0.4, 0.5) is 0 Å². The molecule has 0 saturated heterocycles. The quantitative estimate of drug-likeness (QED) is 0.599. The molecule has 0 saturated carbocycles. The van der Waals surface area contributed by atoms with Crippen LogP contribution in [0.5, 0.6) is 0 Å². The first-order chi connectivity index (χ1) is 12.7. The van der Waals surface area contributed by atoms with E-state index < -0.39 is 0 Å². The average Bonchev–Trinajstić information content (AvgIpc) is 3.20. The highest BCUT2D eigenvalue weighted by atomic mass is 35.5. The highest BCUT2D eigenvalue weighted by Gasteiger charge is 2.18. The van der Waals surface area contributed by atoms with Crippen LogP contribution in [0.3, 0.4) is 0 Å². The van der Waals surface area contributed by atoms with Crippen molar-refractivity contribution in [3.05, 3.63) is 77.8 Å². The zero-order chi connectivity index (χ0) is 18.4. The van der Waals surface area contributed by atoms with Gasteiger partial charge >= 0.3 is 0 Å². The smallest absolute Gasteiger partial charge is 0.233 e. The summed E-state index contributed by atoms with van der Waals surface area (Å²) in [5.74, 6) is 0.0351. The fourth-order valence-corrected chi connectivity index (χ4v) is 3.71. The van der Waals surface area contributed by atoms with E-state index in [-0.39, 0.29) is 11.2 Å². The Morgan fingerprint density at radius 3 is 2.69 bits per heavy atom. The lowest BCUT2D eigenvalue weighted by Gasteiger charge is -2.16. The molecule has 2 aromatic carbocycles. The molecule has 134 valence electrons. The number of thioether (sulfide) groups is 1. The maximum atomic E-state index is 12.6. The van der Waals surface area contributed by atoms with E-state index in [1.807, 2.05) is 66.2 Å². The van der Waals surface area contributed by atoms with Crippen LogP contribution in [0.15, 0.2) is 72.1 Å². The Bertz CT molecular complexity index is 850. The molecule has 0 aliphatic heterocycles. The van der Waals surface area contributed by atoms with E-state index in [9.17, 15) is 4.79 Å². The lowest BCUT2D eigenvalue weighted by Crippen LogP contribution is -2.32. The van der Waals surface area contributed by atoms with Crippen LogP contribution < -0.4 is 5.32 Å². The molecule has 1 amide bonds. The van der Waals surface area contributed by atoms with E-state index in [0.29, 0.717) is 11.6 Å². The molecule has 0 radical (unpaired) electrons. The van der Waals surface area contributed by atoms with Gasteiger partial charge in [-0.1, -0.05) is 36.7 Å². The molecule has 0 spiro atoms.